The monoisotopic (exact) mass is 468 g/mol. The van der Waals surface area contributed by atoms with E-state index in [0.717, 1.165) is 24.0 Å². The second-order valence-corrected chi connectivity index (χ2v) is 8.75. The van der Waals surface area contributed by atoms with E-state index in [1.165, 1.54) is 4.90 Å². The fourth-order valence-corrected chi connectivity index (χ4v) is 4.40. The van der Waals surface area contributed by atoms with E-state index in [2.05, 4.69) is 0 Å². The molecule has 182 valence electrons. The van der Waals surface area contributed by atoms with Gasteiger partial charge in [-0.2, -0.15) is 0 Å². The lowest BCUT2D eigenvalue weighted by atomic mass is 10.1. The number of ether oxygens (including phenoxy) is 4. The number of rotatable bonds is 8. The third-order valence-electron chi connectivity index (χ3n) is 6.24. The Morgan fingerprint density at radius 1 is 1.15 bits per heavy atom. The van der Waals surface area contributed by atoms with Crippen LogP contribution in [0.25, 0.3) is 0 Å². The molecule has 1 fully saturated rings. The molecule has 4 rings (SSSR count). The predicted octanol–water partition coefficient (Wildman–Crippen LogP) is 3.33. The van der Waals surface area contributed by atoms with Crippen molar-refractivity contribution in [2.24, 2.45) is 0 Å². The van der Waals surface area contributed by atoms with Crippen molar-refractivity contribution < 1.29 is 28.5 Å². The molecule has 0 N–H and O–H groups in total. The highest BCUT2D eigenvalue weighted by Gasteiger charge is 2.34. The SMILES string of the molecule is COc1ccc(CN(C[C@@H]2CCCO2)C(=O)CN2C(=O)[C@H](C)Oc3ccc(C)cc32)cc1OC. The zero-order valence-corrected chi connectivity index (χ0v) is 20.2. The summed E-state index contributed by atoms with van der Waals surface area (Å²) in [5, 5.41) is 0. The lowest BCUT2D eigenvalue weighted by Crippen LogP contribution is -2.50. The van der Waals surface area contributed by atoms with E-state index in [4.69, 9.17) is 18.9 Å². The zero-order valence-electron chi connectivity index (χ0n) is 20.2. The number of hydrogen-bond donors (Lipinski definition) is 0. The fraction of sp³-hybridized carbons (Fsp3) is 0.462. The average Bonchev–Trinajstić information content (AvgIpc) is 3.35. The molecule has 34 heavy (non-hydrogen) atoms. The van der Waals surface area contributed by atoms with Crippen molar-refractivity contribution in [3.8, 4) is 17.2 Å². The third-order valence-corrected chi connectivity index (χ3v) is 6.24. The summed E-state index contributed by atoms with van der Waals surface area (Å²) < 4.78 is 22.3. The van der Waals surface area contributed by atoms with E-state index in [1.807, 2.05) is 43.3 Å². The van der Waals surface area contributed by atoms with E-state index in [0.29, 0.717) is 42.6 Å². The summed E-state index contributed by atoms with van der Waals surface area (Å²) in [6.07, 6.45) is 1.22. The number of aryl methyl sites for hydroxylation is 1. The summed E-state index contributed by atoms with van der Waals surface area (Å²) in [6, 6.07) is 11.3. The molecule has 0 unspecified atom stereocenters. The highest BCUT2D eigenvalue weighted by Crippen LogP contribution is 2.35. The van der Waals surface area contributed by atoms with Gasteiger partial charge in [0, 0.05) is 19.7 Å². The Kier molecular flexibility index (Phi) is 7.26. The van der Waals surface area contributed by atoms with Crippen LogP contribution < -0.4 is 19.1 Å². The van der Waals surface area contributed by atoms with Gasteiger partial charge >= 0.3 is 0 Å². The number of nitrogens with zero attached hydrogens (tertiary/aromatic N) is 2. The first-order valence-corrected chi connectivity index (χ1v) is 11.6. The molecule has 2 heterocycles. The van der Waals surface area contributed by atoms with Gasteiger partial charge in [0.15, 0.2) is 17.6 Å². The lowest BCUT2D eigenvalue weighted by molar-refractivity contribution is -0.134. The molecule has 2 amide bonds. The number of methoxy groups -OCH3 is 2. The maximum Gasteiger partial charge on any atom is 0.268 e. The molecule has 0 bridgehead atoms. The molecule has 2 aromatic carbocycles. The maximum atomic E-state index is 13.6. The van der Waals surface area contributed by atoms with Gasteiger partial charge in [0.1, 0.15) is 12.3 Å². The Labute approximate surface area is 200 Å². The largest absolute Gasteiger partial charge is 0.493 e. The van der Waals surface area contributed by atoms with Crippen LogP contribution in [-0.2, 0) is 20.9 Å². The van der Waals surface area contributed by atoms with Gasteiger partial charge < -0.3 is 23.8 Å². The van der Waals surface area contributed by atoms with E-state index in [9.17, 15) is 9.59 Å². The number of anilines is 1. The number of carbonyl (C=O) groups excluding carboxylic acids is 2. The summed E-state index contributed by atoms with van der Waals surface area (Å²) in [6.45, 7) is 5.12. The standard InChI is InChI=1S/C26H32N2O6/c1-17-7-9-22-21(12-17)28(26(30)18(2)34-22)16-25(29)27(15-20-6-5-11-33-20)14-19-8-10-23(31-3)24(13-19)32-4/h7-10,12-13,18,20H,5-6,11,14-16H2,1-4H3/t18-,20-/m0/s1. The summed E-state index contributed by atoms with van der Waals surface area (Å²) >= 11 is 0. The molecular formula is C26H32N2O6. The van der Waals surface area contributed by atoms with Crippen molar-refractivity contribution in [1.82, 2.24) is 4.90 Å². The van der Waals surface area contributed by atoms with Gasteiger partial charge in [-0.15, -0.1) is 0 Å². The summed E-state index contributed by atoms with van der Waals surface area (Å²) in [5.41, 5.74) is 2.52. The smallest absolute Gasteiger partial charge is 0.268 e. The van der Waals surface area contributed by atoms with Gasteiger partial charge in [0.2, 0.25) is 5.91 Å². The van der Waals surface area contributed by atoms with Crippen LogP contribution in [0.2, 0.25) is 0 Å². The summed E-state index contributed by atoms with van der Waals surface area (Å²) in [7, 11) is 3.17. The van der Waals surface area contributed by atoms with E-state index >= 15 is 0 Å². The molecule has 2 atom stereocenters. The minimum absolute atomic E-state index is 0.0158. The molecular weight excluding hydrogens is 436 g/mol. The van der Waals surface area contributed by atoms with Gasteiger partial charge in [-0.3, -0.25) is 14.5 Å². The van der Waals surface area contributed by atoms with Gasteiger partial charge in [-0.25, -0.2) is 0 Å². The van der Waals surface area contributed by atoms with Crippen molar-refractivity contribution in [3.63, 3.8) is 0 Å². The Hall–Kier alpha value is -3.26. The van der Waals surface area contributed by atoms with Crippen LogP contribution in [0.4, 0.5) is 5.69 Å². The average molecular weight is 469 g/mol. The van der Waals surface area contributed by atoms with Crippen LogP contribution in [0.1, 0.15) is 30.9 Å². The predicted molar refractivity (Wildman–Crippen MR) is 128 cm³/mol. The Morgan fingerprint density at radius 3 is 2.65 bits per heavy atom. The van der Waals surface area contributed by atoms with Crippen LogP contribution in [0.3, 0.4) is 0 Å². The first kappa shape index (κ1) is 23.9. The third kappa shape index (κ3) is 5.12. The molecule has 2 aromatic rings. The van der Waals surface area contributed by atoms with Gasteiger partial charge in [0.05, 0.1) is 26.0 Å². The fourth-order valence-electron chi connectivity index (χ4n) is 4.40. The number of amides is 2. The van der Waals surface area contributed by atoms with Crippen LogP contribution >= 0.6 is 0 Å². The molecule has 2 aliphatic heterocycles. The number of fused-ring (bicyclic) bond motifs is 1. The molecule has 8 heteroatoms. The van der Waals surface area contributed by atoms with Crippen LogP contribution in [-0.4, -0.2) is 62.8 Å². The molecule has 8 nitrogen and oxygen atoms in total. The molecule has 0 radical (unpaired) electrons. The maximum absolute atomic E-state index is 13.6. The molecule has 0 saturated carbocycles. The molecule has 0 spiro atoms. The highest BCUT2D eigenvalue weighted by molar-refractivity contribution is 6.03. The van der Waals surface area contributed by atoms with Crippen molar-refractivity contribution in [2.75, 3.05) is 38.8 Å². The van der Waals surface area contributed by atoms with E-state index in [1.54, 1.807) is 26.0 Å². The van der Waals surface area contributed by atoms with Gasteiger partial charge in [0.25, 0.3) is 5.91 Å². The van der Waals surface area contributed by atoms with Gasteiger partial charge in [-0.05, 0) is 62.1 Å². The van der Waals surface area contributed by atoms with Crippen LogP contribution in [0.15, 0.2) is 36.4 Å². The van der Waals surface area contributed by atoms with Crippen LogP contribution in [0, 0.1) is 6.92 Å². The van der Waals surface area contributed by atoms with Crippen molar-refractivity contribution >= 4 is 17.5 Å². The Balaban J connectivity index is 1.58. The van der Waals surface area contributed by atoms with Crippen LogP contribution in [0.5, 0.6) is 17.2 Å². The summed E-state index contributed by atoms with van der Waals surface area (Å²) in [5.74, 6) is 1.46. The molecule has 2 aliphatic rings. The molecule has 0 aromatic heterocycles. The van der Waals surface area contributed by atoms with E-state index in [-0.39, 0.29) is 24.5 Å². The van der Waals surface area contributed by atoms with E-state index < -0.39 is 6.10 Å². The number of carbonyl (C=O) groups is 2. The zero-order chi connectivity index (χ0) is 24.2. The summed E-state index contributed by atoms with van der Waals surface area (Å²) in [4.78, 5) is 29.9. The topological polar surface area (TPSA) is 77.5 Å². The number of benzene rings is 2. The quantitative estimate of drug-likeness (QED) is 0.592. The van der Waals surface area contributed by atoms with Gasteiger partial charge in [-0.1, -0.05) is 12.1 Å². The minimum Gasteiger partial charge on any atom is -0.493 e. The highest BCUT2D eigenvalue weighted by atomic mass is 16.5. The first-order chi connectivity index (χ1) is 16.4. The second kappa shape index (κ2) is 10.3. The van der Waals surface area contributed by atoms with Crippen molar-refractivity contribution in [2.45, 2.75) is 45.4 Å². The second-order valence-electron chi connectivity index (χ2n) is 8.75. The van der Waals surface area contributed by atoms with Crippen molar-refractivity contribution in [3.05, 3.63) is 47.5 Å². The molecule has 1 saturated heterocycles. The minimum atomic E-state index is -0.652. The molecule has 0 aliphatic carbocycles. The lowest BCUT2D eigenvalue weighted by Gasteiger charge is -2.34. The normalized spacial score (nSPS) is 19.4. The first-order valence-electron chi connectivity index (χ1n) is 11.6. The van der Waals surface area contributed by atoms with Crippen molar-refractivity contribution in [1.29, 1.82) is 0 Å². The number of hydrogen-bond acceptors (Lipinski definition) is 6. The Bertz CT molecular complexity index is 1050. The Morgan fingerprint density at radius 2 is 1.94 bits per heavy atom.